The minimum absolute atomic E-state index is 0.0534. The van der Waals surface area contributed by atoms with E-state index in [9.17, 15) is 33.9 Å². The number of anilines is 4. The predicted molar refractivity (Wildman–Crippen MR) is 308 cm³/mol. The number of aromatic nitrogens is 6. The molecule has 4 aromatic heterocycles. The third kappa shape index (κ3) is 12.5. The molecular weight excluding hydrogens is 1070 g/mol. The van der Waals surface area contributed by atoms with Crippen LogP contribution in [0.25, 0.3) is 43.7 Å². The van der Waals surface area contributed by atoms with Crippen molar-refractivity contribution in [2.75, 3.05) is 64.9 Å². The number of nitrogens with one attached hydrogen (secondary N) is 7. The molecule has 10 N–H and O–H groups in total. The van der Waals surface area contributed by atoms with Crippen LogP contribution in [0.3, 0.4) is 0 Å². The number of hydrogen-bond acceptors (Lipinski definition) is 16. The van der Waals surface area contributed by atoms with E-state index in [1.54, 1.807) is 70.3 Å². The molecule has 10 rings (SSSR count). The van der Waals surface area contributed by atoms with Crippen LogP contribution in [0, 0.1) is 0 Å². The largest absolute Gasteiger partial charge is 0.513 e. The normalized spacial score (nSPS) is 13.4. The second kappa shape index (κ2) is 24.4. The SMILES string of the molecule is Nc1nc2ncc(CNc3ccc(C(=O)N[C@H](CCCNCCSSCCOC(=O)Oc4cc5c(c6ccccc46)C(CCl)CN5C(=O)c4cc5cc(NC(=O)c6cc7ccccc7[nH]6)ccc5[nH]4)C(=O)O)cc3)nc2c(=O)[nH]1. The summed E-state index contributed by atoms with van der Waals surface area (Å²) in [4.78, 5) is 101. The topological polar surface area (TPSA) is 305 Å². The number of ether oxygens (including phenoxy) is 2. The van der Waals surface area contributed by atoms with Crippen molar-refractivity contribution in [1.29, 1.82) is 0 Å². The number of carboxylic acid groups (broad SMARTS) is 1. The first kappa shape index (κ1) is 53.7. The number of halogens is 1. The molecule has 79 heavy (non-hydrogen) atoms. The first-order chi connectivity index (χ1) is 38.4. The fourth-order valence-corrected chi connectivity index (χ4v) is 11.3. The number of nitrogens with zero attached hydrogens (tertiary/aromatic N) is 4. The van der Waals surface area contributed by atoms with Gasteiger partial charge in [-0.25, -0.2) is 19.6 Å². The monoisotopic (exact) mass is 1120 g/mol. The predicted octanol–water partition coefficient (Wildman–Crippen LogP) is 8.41. The molecule has 0 saturated carbocycles. The highest BCUT2D eigenvalue weighted by atomic mass is 35.5. The first-order valence-electron chi connectivity index (χ1n) is 25.0. The third-order valence-electron chi connectivity index (χ3n) is 13.0. The lowest BCUT2D eigenvalue weighted by Crippen LogP contribution is -2.41. The summed E-state index contributed by atoms with van der Waals surface area (Å²) in [5.74, 6) is -0.787. The molecular formula is C55H51ClN12O9S2. The van der Waals surface area contributed by atoms with Gasteiger partial charge < -0.3 is 56.4 Å². The average molecular weight is 1120 g/mol. The number of carbonyl (C=O) groups is 5. The lowest BCUT2D eigenvalue weighted by molar-refractivity contribution is -0.139. The summed E-state index contributed by atoms with van der Waals surface area (Å²) in [6.07, 6.45) is 1.31. The smallest absolute Gasteiger partial charge is 0.480 e. The zero-order chi connectivity index (χ0) is 55.0. The van der Waals surface area contributed by atoms with Gasteiger partial charge in [0.15, 0.2) is 11.2 Å². The Morgan fingerprint density at radius 3 is 2.38 bits per heavy atom. The van der Waals surface area contributed by atoms with Crippen LogP contribution >= 0.6 is 33.2 Å². The Morgan fingerprint density at radius 1 is 0.823 bits per heavy atom. The van der Waals surface area contributed by atoms with Crippen LogP contribution in [-0.2, 0) is 16.1 Å². The van der Waals surface area contributed by atoms with Crippen LogP contribution in [0.1, 0.15) is 61.4 Å². The second-order valence-corrected chi connectivity index (χ2v) is 21.4. The van der Waals surface area contributed by atoms with Gasteiger partial charge in [0.05, 0.1) is 24.1 Å². The molecule has 1 aliphatic rings. The van der Waals surface area contributed by atoms with Crippen molar-refractivity contribution in [1.82, 2.24) is 40.5 Å². The molecule has 9 aromatic rings. The zero-order valence-electron chi connectivity index (χ0n) is 42.0. The number of aliphatic carboxylic acids is 1. The summed E-state index contributed by atoms with van der Waals surface area (Å²) in [7, 11) is 3.11. The Labute approximate surface area is 462 Å². The lowest BCUT2D eigenvalue weighted by Gasteiger charge is -2.18. The molecule has 0 spiro atoms. The minimum atomic E-state index is -1.14. The Morgan fingerprint density at radius 2 is 1.57 bits per heavy atom. The van der Waals surface area contributed by atoms with Gasteiger partial charge in [-0.3, -0.25) is 24.2 Å². The van der Waals surface area contributed by atoms with Gasteiger partial charge in [0.1, 0.15) is 29.8 Å². The Kier molecular flexibility index (Phi) is 16.6. The molecule has 0 saturated heterocycles. The third-order valence-corrected chi connectivity index (χ3v) is 15.8. The molecule has 1 unspecified atom stereocenters. The number of alkyl halides is 1. The Bertz CT molecular complexity index is 3800. The maximum absolute atomic E-state index is 14.3. The number of rotatable bonds is 22. The fraction of sp³-hybridized carbons (Fsp3) is 0.218. The maximum Gasteiger partial charge on any atom is 0.513 e. The average Bonchev–Trinajstić information content (AvgIpc) is 4.38. The van der Waals surface area contributed by atoms with Crippen LogP contribution in [0.5, 0.6) is 5.75 Å². The lowest BCUT2D eigenvalue weighted by atomic mass is 9.95. The summed E-state index contributed by atoms with van der Waals surface area (Å²) >= 11 is 6.54. The number of para-hydroxylation sites is 1. The van der Waals surface area contributed by atoms with E-state index in [2.05, 4.69) is 51.2 Å². The van der Waals surface area contributed by atoms with Crippen LogP contribution in [0.4, 0.5) is 27.8 Å². The van der Waals surface area contributed by atoms with Gasteiger partial charge in [0.2, 0.25) is 5.95 Å². The molecule has 3 amide bonds. The molecule has 1 aliphatic heterocycles. The number of nitrogen functional groups attached to an aromatic ring is 1. The van der Waals surface area contributed by atoms with E-state index in [1.165, 1.54) is 17.0 Å². The molecule has 21 nitrogen and oxygen atoms in total. The van der Waals surface area contributed by atoms with Crippen LogP contribution in [-0.4, -0.2) is 115 Å². The summed E-state index contributed by atoms with van der Waals surface area (Å²) in [6, 6.07) is 31.2. The fourth-order valence-electron chi connectivity index (χ4n) is 9.23. The van der Waals surface area contributed by atoms with Crippen molar-refractivity contribution in [3.63, 3.8) is 0 Å². The van der Waals surface area contributed by atoms with Gasteiger partial charge in [0.25, 0.3) is 23.3 Å². The van der Waals surface area contributed by atoms with Gasteiger partial charge >= 0.3 is 12.1 Å². The van der Waals surface area contributed by atoms with Crippen molar-refractivity contribution >= 4 is 130 Å². The molecule has 0 radical (unpaired) electrons. The van der Waals surface area contributed by atoms with E-state index < -0.39 is 29.6 Å². The van der Waals surface area contributed by atoms with Gasteiger partial charge in [-0.1, -0.05) is 64.1 Å². The number of carbonyl (C=O) groups excluding carboxylic acids is 4. The highest BCUT2D eigenvalue weighted by Gasteiger charge is 2.36. The highest BCUT2D eigenvalue weighted by molar-refractivity contribution is 8.76. The second-order valence-electron chi connectivity index (χ2n) is 18.3. The number of fused-ring (bicyclic) bond motifs is 6. The number of H-pyrrole nitrogens is 3. The van der Waals surface area contributed by atoms with E-state index in [0.29, 0.717) is 76.9 Å². The van der Waals surface area contributed by atoms with E-state index >= 15 is 0 Å². The zero-order valence-corrected chi connectivity index (χ0v) is 44.4. The maximum atomic E-state index is 14.3. The summed E-state index contributed by atoms with van der Waals surface area (Å²) in [6.45, 7) is 1.81. The summed E-state index contributed by atoms with van der Waals surface area (Å²) < 4.78 is 11.3. The van der Waals surface area contributed by atoms with Crippen molar-refractivity contribution in [3.8, 4) is 5.75 Å². The molecule has 2 atom stereocenters. The first-order valence-corrected chi connectivity index (χ1v) is 28.1. The van der Waals surface area contributed by atoms with Crippen molar-refractivity contribution in [2.45, 2.75) is 31.3 Å². The number of hydrogen-bond donors (Lipinski definition) is 9. The molecule has 0 bridgehead atoms. The van der Waals surface area contributed by atoms with Crippen molar-refractivity contribution in [3.05, 3.63) is 154 Å². The Hall–Kier alpha value is -8.64. The minimum Gasteiger partial charge on any atom is -0.480 e. The molecule has 0 aliphatic carbocycles. The van der Waals surface area contributed by atoms with Crippen LogP contribution < -0.4 is 42.2 Å². The van der Waals surface area contributed by atoms with Crippen molar-refractivity contribution < 1.29 is 38.6 Å². The molecule has 24 heteroatoms. The van der Waals surface area contributed by atoms with Crippen molar-refractivity contribution in [2.24, 2.45) is 0 Å². The molecule has 5 aromatic carbocycles. The van der Waals surface area contributed by atoms with Crippen LogP contribution in [0.2, 0.25) is 0 Å². The summed E-state index contributed by atoms with van der Waals surface area (Å²) in [5.41, 5.74) is 11.0. The van der Waals surface area contributed by atoms with E-state index in [-0.39, 0.29) is 71.6 Å². The molecule has 0 fully saturated rings. The standard InChI is InChI=1S/C55H51ClN12O9S2/c56-26-33-29-68(52(72)43-24-32-22-35(15-16-40(32)64-43)62-50(70)42-23-31-6-1-4-9-39(31)63-42)44-25-45(37-7-2-3-8-38(37)46(33)44)77-55(75)76-19-21-79-78-20-18-58-17-5-10-41(53(73)74)65-49(69)30-11-13-34(14-12-30)59-27-36-28-60-48-47(61-36)51(71)67-54(57)66-48/h1-4,6-9,11-16,22-25,28,33,41,58-59,63-64H,5,10,17-21,26-27,29H2,(H,62,70)(H,65,69)(H,73,74)(H3,57,60,66,67,71)/t33?,41-/m1/s1. The Balaban J connectivity index is 0.646. The van der Waals surface area contributed by atoms with E-state index in [1.807, 2.05) is 54.6 Å². The number of amides is 3. The molecule has 404 valence electrons. The van der Waals surface area contributed by atoms with Gasteiger partial charge in [-0.15, -0.1) is 11.6 Å². The number of nitrogens with two attached hydrogens (primary N) is 1. The van der Waals surface area contributed by atoms with E-state index in [0.717, 1.165) is 33.0 Å². The molecule has 5 heterocycles. The number of carboxylic acids is 1. The quantitative estimate of drug-likeness (QED) is 0.0101. The van der Waals surface area contributed by atoms with Gasteiger partial charge in [-0.2, -0.15) is 4.98 Å². The van der Waals surface area contributed by atoms with E-state index in [4.69, 9.17) is 26.8 Å². The number of benzene rings is 5. The highest BCUT2D eigenvalue weighted by Crippen LogP contribution is 2.46. The number of aromatic amines is 3. The summed E-state index contributed by atoms with van der Waals surface area (Å²) in [5, 5.41) is 24.9. The van der Waals surface area contributed by atoms with Gasteiger partial charge in [-0.05, 0) is 91.0 Å². The van der Waals surface area contributed by atoms with Crippen LogP contribution in [0.15, 0.2) is 120 Å². The van der Waals surface area contributed by atoms with Gasteiger partial charge in [0, 0.05) is 86.6 Å².